The molecule has 0 heterocycles. The van der Waals surface area contributed by atoms with Crippen molar-refractivity contribution in [3.8, 4) is 5.75 Å². The number of hydrogen-bond acceptors (Lipinski definition) is 5. The van der Waals surface area contributed by atoms with Crippen LogP contribution in [0.5, 0.6) is 5.75 Å². The molecule has 0 aliphatic rings. The average molecular weight is 542 g/mol. The lowest BCUT2D eigenvalue weighted by atomic mass is 10.1. The number of para-hydroxylation sites is 2. The number of hydrogen-bond donors (Lipinski definition) is 1. The summed E-state index contributed by atoms with van der Waals surface area (Å²) in [6.07, 6.45) is 0. The largest absolute Gasteiger partial charge is 0.495 e. The Labute approximate surface area is 223 Å². The maximum atomic E-state index is 14.5. The summed E-state index contributed by atoms with van der Waals surface area (Å²) in [5, 5.41) is 2.67. The molecule has 3 rings (SSSR count). The van der Waals surface area contributed by atoms with Crippen LogP contribution in [0.3, 0.4) is 0 Å². The van der Waals surface area contributed by atoms with E-state index < -0.39 is 40.2 Å². The Kier molecular flexibility index (Phi) is 9.46. The summed E-state index contributed by atoms with van der Waals surface area (Å²) < 4.78 is 48.6. The molecular formula is C28H32FN3O5S. The first-order chi connectivity index (χ1) is 18.1. The molecule has 0 unspecified atom stereocenters. The molecule has 0 fully saturated rings. The molecular weight excluding hydrogens is 509 g/mol. The van der Waals surface area contributed by atoms with E-state index in [1.807, 2.05) is 6.92 Å². The van der Waals surface area contributed by atoms with Crippen LogP contribution in [0.2, 0.25) is 0 Å². The highest BCUT2D eigenvalue weighted by molar-refractivity contribution is 7.92. The lowest BCUT2D eigenvalue weighted by Gasteiger charge is -2.32. The lowest BCUT2D eigenvalue weighted by Crippen LogP contribution is -2.51. The van der Waals surface area contributed by atoms with Crippen LogP contribution in [0.4, 0.5) is 10.1 Å². The molecule has 0 aliphatic heterocycles. The fraction of sp³-hybridized carbons (Fsp3) is 0.286. The van der Waals surface area contributed by atoms with E-state index in [4.69, 9.17) is 4.74 Å². The van der Waals surface area contributed by atoms with Gasteiger partial charge in [-0.05, 0) is 51.1 Å². The molecule has 2 amide bonds. The van der Waals surface area contributed by atoms with Gasteiger partial charge in [0.25, 0.3) is 10.0 Å². The van der Waals surface area contributed by atoms with E-state index in [2.05, 4.69) is 5.32 Å². The van der Waals surface area contributed by atoms with Crippen molar-refractivity contribution in [3.63, 3.8) is 0 Å². The van der Waals surface area contributed by atoms with Gasteiger partial charge in [-0.3, -0.25) is 13.9 Å². The van der Waals surface area contributed by atoms with Crippen LogP contribution in [-0.2, 0) is 26.2 Å². The fourth-order valence-corrected chi connectivity index (χ4v) is 5.33. The van der Waals surface area contributed by atoms with Crippen LogP contribution in [0.25, 0.3) is 0 Å². The summed E-state index contributed by atoms with van der Waals surface area (Å²) in [6, 6.07) is 17.6. The summed E-state index contributed by atoms with van der Waals surface area (Å²) in [6.45, 7) is 4.56. The molecule has 0 aliphatic carbocycles. The van der Waals surface area contributed by atoms with Crippen molar-refractivity contribution in [3.05, 3.63) is 89.7 Å². The summed E-state index contributed by atoms with van der Waals surface area (Å²) >= 11 is 0. The topological polar surface area (TPSA) is 96.0 Å². The van der Waals surface area contributed by atoms with Gasteiger partial charge in [0, 0.05) is 18.7 Å². The van der Waals surface area contributed by atoms with Crippen molar-refractivity contribution in [2.24, 2.45) is 0 Å². The third kappa shape index (κ3) is 6.49. The second-order valence-electron chi connectivity index (χ2n) is 8.68. The van der Waals surface area contributed by atoms with E-state index in [9.17, 15) is 22.4 Å². The molecule has 1 N–H and O–H groups in total. The highest BCUT2D eigenvalue weighted by atomic mass is 32.2. The smallest absolute Gasteiger partial charge is 0.264 e. The number of ether oxygens (including phenoxy) is 1. The standard InChI is InChI=1S/C28H32FN3O5S/c1-5-30-28(34)21(3)31(18-22-10-6-7-11-24(22)29)27(33)19-32(25-12-8-9-13-26(25)37-4)38(35,36)23-16-14-20(2)15-17-23/h6-17,21H,5,18-19H2,1-4H3,(H,30,34)/t21-/m1/s1. The van der Waals surface area contributed by atoms with Gasteiger partial charge in [0.05, 0.1) is 17.7 Å². The predicted octanol–water partition coefficient (Wildman–Crippen LogP) is 3.89. The number of aryl methyl sites for hydroxylation is 1. The van der Waals surface area contributed by atoms with Crippen molar-refractivity contribution in [1.82, 2.24) is 10.2 Å². The Morgan fingerprint density at radius 2 is 1.63 bits per heavy atom. The minimum absolute atomic E-state index is 0.0146. The number of nitrogens with one attached hydrogen (secondary N) is 1. The van der Waals surface area contributed by atoms with E-state index in [0.29, 0.717) is 6.54 Å². The molecule has 3 aromatic carbocycles. The number of anilines is 1. The van der Waals surface area contributed by atoms with Crippen LogP contribution < -0.4 is 14.4 Å². The Balaban J connectivity index is 2.08. The summed E-state index contributed by atoms with van der Waals surface area (Å²) in [4.78, 5) is 27.7. The van der Waals surface area contributed by atoms with E-state index in [0.717, 1.165) is 9.87 Å². The van der Waals surface area contributed by atoms with Gasteiger partial charge < -0.3 is 15.0 Å². The number of benzene rings is 3. The first kappa shape index (κ1) is 28.6. The zero-order valence-corrected chi connectivity index (χ0v) is 22.7. The monoisotopic (exact) mass is 541 g/mol. The zero-order chi connectivity index (χ0) is 27.9. The number of nitrogens with zero attached hydrogens (tertiary/aromatic N) is 2. The molecule has 0 saturated carbocycles. The Morgan fingerprint density at radius 1 is 1.00 bits per heavy atom. The summed E-state index contributed by atoms with van der Waals surface area (Å²) in [5.41, 5.74) is 1.22. The molecule has 0 spiro atoms. The minimum Gasteiger partial charge on any atom is -0.495 e. The number of sulfonamides is 1. The van der Waals surface area contributed by atoms with Crippen LogP contribution in [-0.4, -0.2) is 51.4 Å². The molecule has 1 atom stereocenters. The Morgan fingerprint density at radius 3 is 2.26 bits per heavy atom. The number of halogens is 1. The summed E-state index contributed by atoms with van der Waals surface area (Å²) in [5.74, 6) is -1.42. The number of rotatable bonds is 11. The molecule has 8 nitrogen and oxygen atoms in total. The number of carbonyl (C=O) groups excluding carboxylic acids is 2. The van der Waals surface area contributed by atoms with Crippen molar-refractivity contribution < 1.29 is 27.1 Å². The second-order valence-corrected chi connectivity index (χ2v) is 10.5. The van der Waals surface area contributed by atoms with Gasteiger partial charge in [-0.1, -0.05) is 48.0 Å². The fourth-order valence-electron chi connectivity index (χ4n) is 3.90. The number of carbonyl (C=O) groups is 2. The van der Waals surface area contributed by atoms with Gasteiger partial charge >= 0.3 is 0 Å². The van der Waals surface area contributed by atoms with Crippen molar-refractivity contribution in [2.75, 3.05) is 24.5 Å². The molecule has 0 bridgehead atoms. The highest BCUT2D eigenvalue weighted by Crippen LogP contribution is 2.32. The number of methoxy groups -OCH3 is 1. The van der Waals surface area contributed by atoms with Crippen molar-refractivity contribution in [1.29, 1.82) is 0 Å². The van der Waals surface area contributed by atoms with Crippen molar-refractivity contribution in [2.45, 2.75) is 38.3 Å². The van der Waals surface area contributed by atoms with Gasteiger partial charge in [0.1, 0.15) is 24.2 Å². The quantitative estimate of drug-likeness (QED) is 0.397. The van der Waals surface area contributed by atoms with Crippen LogP contribution in [0, 0.1) is 12.7 Å². The molecule has 10 heteroatoms. The average Bonchev–Trinajstić information content (AvgIpc) is 2.91. The minimum atomic E-state index is -4.24. The normalized spacial score (nSPS) is 11.9. The molecule has 202 valence electrons. The van der Waals surface area contributed by atoms with E-state index in [-0.39, 0.29) is 28.4 Å². The SMILES string of the molecule is CCNC(=O)[C@@H](C)N(Cc1ccccc1F)C(=O)CN(c1ccccc1OC)S(=O)(=O)c1ccc(C)cc1. The zero-order valence-electron chi connectivity index (χ0n) is 21.8. The third-order valence-electron chi connectivity index (χ3n) is 6.06. The molecule has 3 aromatic rings. The van der Waals surface area contributed by atoms with Crippen LogP contribution >= 0.6 is 0 Å². The van der Waals surface area contributed by atoms with E-state index >= 15 is 0 Å². The molecule has 0 aromatic heterocycles. The van der Waals surface area contributed by atoms with Crippen LogP contribution in [0.1, 0.15) is 25.0 Å². The van der Waals surface area contributed by atoms with E-state index in [1.54, 1.807) is 43.3 Å². The Bertz CT molecular complexity index is 1380. The number of amides is 2. The molecule has 0 saturated heterocycles. The van der Waals surface area contributed by atoms with Gasteiger partial charge in [-0.2, -0.15) is 0 Å². The van der Waals surface area contributed by atoms with Crippen molar-refractivity contribution >= 4 is 27.5 Å². The first-order valence-corrected chi connectivity index (χ1v) is 13.6. The van der Waals surface area contributed by atoms with Gasteiger partial charge in [0.2, 0.25) is 11.8 Å². The maximum Gasteiger partial charge on any atom is 0.264 e. The van der Waals surface area contributed by atoms with E-state index in [1.165, 1.54) is 55.3 Å². The first-order valence-electron chi connectivity index (χ1n) is 12.1. The maximum absolute atomic E-state index is 14.5. The highest BCUT2D eigenvalue weighted by Gasteiger charge is 2.33. The Hall–Kier alpha value is -3.92. The number of likely N-dealkylation sites (N-methyl/N-ethyl adjacent to an activating group) is 1. The lowest BCUT2D eigenvalue weighted by molar-refractivity contribution is -0.139. The van der Waals surface area contributed by atoms with Gasteiger partial charge in [0.15, 0.2) is 0 Å². The summed E-state index contributed by atoms with van der Waals surface area (Å²) in [7, 11) is -2.84. The molecule has 38 heavy (non-hydrogen) atoms. The third-order valence-corrected chi connectivity index (χ3v) is 7.83. The van der Waals surface area contributed by atoms with Gasteiger partial charge in [-0.25, -0.2) is 12.8 Å². The predicted molar refractivity (Wildman–Crippen MR) is 144 cm³/mol. The van der Waals surface area contributed by atoms with Crippen LogP contribution in [0.15, 0.2) is 77.7 Å². The molecule has 0 radical (unpaired) electrons. The van der Waals surface area contributed by atoms with Gasteiger partial charge in [-0.15, -0.1) is 0 Å². The second kappa shape index (κ2) is 12.6.